The minimum absolute atomic E-state index is 0.0688. The molecule has 0 radical (unpaired) electrons. The van der Waals surface area contributed by atoms with Gasteiger partial charge < -0.3 is 10.2 Å². The maximum Gasteiger partial charge on any atom is 0.241 e. The molecule has 9 heteroatoms. The predicted octanol–water partition coefficient (Wildman–Crippen LogP) is 2.33. The van der Waals surface area contributed by atoms with Gasteiger partial charge in [-0.3, -0.25) is 14.5 Å². The zero-order valence-electron chi connectivity index (χ0n) is 14.0. The van der Waals surface area contributed by atoms with Crippen molar-refractivity contribution >= 4 is 46.7 Å². The monoisotopic (exact) mass is 377 g/mol. The van der Waals surface area contributed by atoms with Crippen LogP contribution in [0.15, 0.2) is 29.8 Å². The molecular formula is C16H19N5O2S2. The summed E-state index contributed by atoms with van der Waals surface area (Å²) in [5.74, 6) is -0.155. The topological polar surface area (TPSA) is 70.5 Å². The van der Waals surface area contributed by atoms with Gasteiger partial charge in [0.2, 0.25) is 11.8 Å². The van der Waals surface area contributed by atoms with Gasteiger partial charge in [-0.25, -0.2) is 4.68 Å². The summed E-state index contributed by atoms with van der Waals surface area (Å²) in [5.41, 5.74) is 3.07. The summed E-state index contributed by atoms with van der Waals surface area (Å²) in [5, 5.41) is 7.02. The molecule has 1 atom stereocenters. The standard InChI is InChI=1S/C16H19N5O2S2/c1-11-7-14(22)18-12-5-3-4-6-13(12)21(11)15(23)8-19(2)10-20-16(24)25-9-17-20/h3-6,9,11H,7-8,10H2,1-2H3,(H,18,22)/t11-/m1/s1. The molecule has 2 heterocycles. The smallest absolute Gasteiger partial charge is 0.241 e. The molecule has 1 aromatic heterocycles. The molecule has 1 N–H and O–H groups in total. The van der Waals surface area contributed by atoms with E-state index < -0.39 is 0 Å². The number of likely N-dealkylation sites (N-methyl/N-ethyl adjacent to an activating group) is 1. The Labute approximate surface area is 154 Å². The van der Waals surface area contributed by atoms with Crippen molar-refractivity contribution < 1.29 is 9.59 Å². The average molecular weight is 377 g/mol. The number of nitrogens with zero attached hydrogens (tertiary/aromatic N) is 4. The van der Waals surface area contributed by atoms with Crippen LogP contribution in [-0.2, 0) is 16.3 Å². The molecule has 0 saturated heterocycles. The highest BCUT2D eigenvalue weighted by Crippen LogP contribution is 2.31. The van der Waals surface area contributed by atoms with Crippen LogP contribution < -0.4 is 10.2 Å². The Bertz CT molecular complexity index is 847. The number of aromatic nitrogens is 2. The van der Waals surface area contributed by atoms with Gasteiger partial charge in [0, 0.05) is 12.5 Å². The third kappa shape index (κ3) is 3.94. The number of hydrogen-bond donors (Lipinski definition) is 1. The zero-order chi connectivity index (χ0) is 18.0. The van der Waals surface area contributed by atoms with Gasteiger partial charge in [-0.15, -0.1) is 0 Å². The number of anilines is 2. The molecule has 0 unspecified atom stereocenters. The Morgan fingerprint density at radius 2 is 2.24 bits per heavy atom. The van der Waals surface area contributed by atoms with Crippen molar-refractivity contribution in [3.8, 4) is 0 Å². The van der Waals surface area contributed by atoms with Crippen LogP contribution in [-0.4, -0.2) is 46.1 Å². The van der Waals surface area contributed by atoms with E-state index >= 15 is 0 Å². The number of carbonyl (C=O) groups excluding carboxylic acids is 2. The first-order valence-corrected chi connectivity index (χ1v) is 9.14. The number of nitrogens with one attached hydrogen (secondary N) is 1. The molecule has 0 saturated carbocycles. The largest absolute Gasteiger partial charge is 0.324 e. The molecule has 0 aliphatic carbocycles. The first-order valence-electron chi connectivity index (χ1n) is 7.86. The number of para-hydroxylation sites is 2. The highest BCUT2D eigenvalue weighted by molar-refractivity contribution is 7.73. The number of fused-ring (bicyclic) bond motifs is 1. The second kappa shape index (κ2) is 7.42. The van der Waals surface area contributed by atoms with Crippen LogP contribution >= 0.6 is 23.6 Å². The van der Waals surface area contributed by atoms with Gasteiger partial charge in [0.05, 0.1) is 24.6 Å². The first-order chi connectivity index (χ1) is 12.0. The van der Waals surface area contributed by atoms with Crippen LogP contribution in [0.25, 0.3) is 0 Å². The Kier molecular flexibility index (Phi) is 5.26. The molecule has 1 aliphatic heterocycles. The van der Waals surface area contributed by atoms with Gasteiger partial charge >= 0.3 is 0 Å². The molecule has 0 spiro atoms. The molecule has 7 nitrogen and oxygen atoms in total. The lowest BCUT2D eigenvalue weighted by Crippen LogP contribution is -2.44. The Hall–Kier alpha value is -2.10. The van der Waals surface area contributed by atoms with Gasteiger partial charge in [-0.1, -0.05) is 23.5 Å². The van der Waals surface area contributed by atoms with Crippen molar-refractivity contribution in [1.82, 2.24) is 14.7 Å². The van der Waals surface area contributed by atoms with Crippen LogP contribution in [0, 0.1) is 3.95 Å². The Morgan fingerprint density at radius 1 is 1.48 bits per heavy atom. The molecule has 3 rings (SSSR count). The van der Waals surface area contributed by atoms with Crippen molar-refractivity contribution in [2.75, 3.05) is 23.8 Å². The predicted molar refractivity (Wildman–Crippen MR) is 100 cm³/mol. The van der Waals surface area contributed by atoms with E-state index in [1.54, 1.807) is 15.1 Å². The van der Waals surface area contributed by atoms with Crippen LogP contribution in [0.1, 0.15) is 13.3 Å². The van der Waals surface area contributed by atoms with Crippen molar-refractivity contribution in [3.63, 3.8) is 0 Å². The first kappa shape index (κ1) is 17.7. The van der Waals surface area contributed by atoms with Crippen molar-refractivity contribution in [1.29, 1.82) is 0 Å². The third-order valence-electron chi connectivity index (χ3n) is 3.96. The molecule has 0 fully saturated rings. The number of amides is 2. The third-order valence-corrected chi connectivity index (χ3v) is 5.07. The number of rotatable bonds is 4. The van der Waals surface area contributed by atoms with E-state index in [-0.39, 0.29) is 30.8 Å². The summed E-state index contributed by atoms with van der Waals surface area (Å²) >= 11 is 6.58. The number of benzene rings is 1. The quantitative estimate of drug-likeness (QED) is 0.828. The fourth-order valence-corrected chi connectivity index (χ4v) is 3.59. The molecular weight excluding hydrogens is 358 g/mol. The van der Waals surface area contributed by atoms with E-state index in [4.69, 9.17) is 12.2 Å². The highest BCUT2D eigenvalue weighted by Gasteiger charge is 2.29. The van der Waals surface area contributed by atoms with E-state index in [1.165, 1.54) is 11.3 Å². The minimum atomic E-state index is -0.217. The van der Waals surface area contributed by atoms with E-state index in [2.05, 4.69) is 10.4 Å². The SMILES string of the molecule is C[C@@H]1CC(=O)Nc2ccccc2N1C(=O)CN(C)Cn1ncsc1=S. The minimum Gasteiger partial charge on any atom is -0.324 e. The van der Waals surface area contributed by atoms with Gasteiger partial charge in [-0.2, -0.15) is 5.10 Å². The van der Waals surface area contributed by atoms with Gasteiger partial charge in [0.1, 0.15) is 5.51 Å². The second-order valence-corrected chi connectivity index (χ2v) is 7.52. The molecule has 0 bridgehead atoms. The molecule has 2 aromatic rings. The maximum atomic E-state index is 12.9. The van der Waals surface area contributed by atoms with Crippen LogP contribution in [0.5, 0.6) is 0 Å². The summed E-state index contributed by atoms with van der Waals surface area (Å²) in [6.45, 7) is 2.53. The Balaban J connectivity index is 1.79. The summed E-state index contributed by atoms with van der Waals surface area (Å²) in [4.78, 5) is 28.5. The molecule has 25 heavy (non-hydrogen) atoms. The maximum absolute atomic E-state index is 12.9. The van der Waals surface area contributed by atoms with Crippen LogP contribution in [0.4, 0.5) is 11.4 Å². The van der Waals surface area contributed by atoms with Crippen molar-refractivity contribution in [3.05, 3.63) is 33.7 Å². The molecule has 1 aliphatic rings. The zero-order valence-corrected chi connectivity index (χ0v) is 15.6. The summed E-state index contributed by atoms with van der Waals surface area (Å²) in [6.07, 6.45) is 0.265. The Morgan fingerprint density at radius 3 is 2.96 bits per heavy atom. The summed E-state index contributed by atoms with van der Waals surface area (Å²) in [7, 11) is 1.84. The molecule has 2 amide bonds. The fraction of sp³-hybridized carbons (Fsp3) is 0.375. The van der Waals surface area contributed by atoms with E-state index in [1.807, 2.05) is 43.1 Å². The normalized spacial score (nSPS) is 17.2. The molecule has 132 valence electrons. The lowest BCUT2D eigenvalue weighted by molar-refractivity contribution is -0.120. The lowest BCUT2D eigenvalue weighted by Gasteiger charge is -2.29. The van der Waals surface area contributed by atoms with E-state index in [9.17, 15) is 9.59 Å². The summed E-state index contributed by atoms with van der Waals surface area (Å²) in [6, 6.07) is 7.15. The fourth-order valence-electron chi connectivity index (χ4n) is 2.88. The van der Waals surface area contributed by atoms with Crippen molar-refractivity contribution in [2.24, 2.45) is 0 Å². The lowest BCUT2D eigenvalue weighted by atomic mass is 10.1. The van der Waals surface area contributed by atoms with Gasteiger partial charge in [0.25, 0.3) is 0 Å². The average Bonchev–Trinajstić information content (AvgIpc) is 2.87. The highest BCUT2D eigenvalue weighted by atomic mass is 32.1. The second-order valence-electron chi connectivity index (χ2n) is 6.04. The van der Waals surface area contributed by atoms with Crippen LogP contribution in [0.2, 0.25) is 0 Å². The summed E-state index contributed by atoms with van der Waals surface area (Å²) < 4.78 is 2.35. The van der Waals surface area contributed by atoms with Gasteiger partial charge in [0.15, 0.2) is 3.95 Å². The van der Waals surface area contributed by atoms with Gasteiger partial charge in [-0.05, 0) is 38.3 Å². The van der Waals surface area contributed by atoms with E-state index in [0.717, 1.165) is 5.69 Å². The van der Waals surface area contributed by atoms with Crippen molar-refractivity contribution in [2.45, 2.75) is 26.1 Å². The van der Waals surface area contributed by atoms with Crippen LogP contribution in [0.3, 0.4) is 0 Å². The number of hydrogen-bond acceptors (Lipinski definition) is 6. The van der Waals surface area contributed by atoms with E-state index in [0.29, 0.717) is 16.3 Å². The molecule has 1 aromatic carbocycles. The number of carbonyl (C=O) groups is 2.